The number of ether oxygens (including phenoxy) is 1. The Morgan fingerprint density at radius 1 is 1.21 bits per heavy atom. The molecule has 0 aromatic carbocycles. The Kier molecular flexibility index (Phi) is 6.28. The molecule has 1 aliphatic carbocycles. The number of hydrogen-bond acceptors (Lipinski definition) is 3. The van der Waals surface area contributed by atoms with E-state index in [2.05, 4.69) is 5.32 Å². The molecular formula is C14H25NO4. The topological polar surface area (TPSA) is 75.6 Å². The molecule has 0 saturated heterocycles. The molecule has 1 fully saturated rings. The number of carbonyl (C=O) groups is 2. The Morgan fingerprint density at radius 2 is 1.79 bits per heavy atom. The molecule has 1 saturated carbocycles. The van der Waals surface area contributed by atoms with Crippen LogP contribution < -0.4 is 5.32 Å². The molecule has 0 radical (unpaired) electrons. The van der Waals surface area contributed by atoms with Crippen molar-refractivity contribution in [2.45, 2.75) is 70.4 Å². The quantitative estimate of drug-likeness (QED) is 0.725. The van der Waals surface area contributed by atoms with Crippen LogP contribution in [0.4, 0.5) is 0 Å². The van der Waals surface area contributed by atoms with Gasteiger partial charge in [-0.05, 0) is 26.7 Å². The zero-order valence-electron chi connectivity index (χ0n) is 11.9. The molecule has 0 aromatic rings. The highest BCUT2D eigenvalue weighted by molar-refractivity contribution is 5.87. The van der Waals surface area contributed by atoms with Gasteiger partial charge in [-0.3, -0.25) is 4.79 Å². The molecule has 1 aliphatic rings. The lowest BCUT2D eigenvalue weighted by atomic mass is 9.90. The predicted molar refractivity (Wildman–Crippen MR) is 71.9 cm³/mol. The molecule has 110 valence electrons. The molecule has 5 heteroatoms. The van der Waals surface area contributed by atoms with Crippen molar-refractivity contribution in [2.24, 2.45) is 0 Å². The largest absolute Gasteiger partial charge is 0.480 e. The Morgan fingerprint density at radius 3 is 2.26 bits per heavy atom. The van der Waals surface area contributed by atoms with Gasteiger partial charge in [-0.15, -0.1) is 0 Å². The van der Waals surface area contributed by atoms with Gasteiger partial charge in [0.25, 0.3) is 0 Å². The van der Waals surface area contributed by atoms with Gasteiger partial charge in [0.2, 0.25) is 5.91 Å². The fourth-order valence-electron chi connectivity index (χ4n) is 2.44. The summed E-state index contributed by atoms with van der Waals surface area (Å²) in [6.45, 7) is 4.14. The zero-order chi connectivity index (χ0) is 14.3. The van der Waals surface area contributed by atoms with Crippen molar-refractivity contribution in [3.63, 3.8) is 0 Å². The summed E-state index contributed by atoms with van der Waals surface area (Å²) in [5.74, 6) is -1.14. The molecule has 0 heterocycles. The SMILES string of the molecule is CC(C)OCCC(=O)NC1(C(=O)O)CCCCCC1. The van der Waals surface area contributed by atoms with Crippen LogP contribution in [0, 0.1) is 0 Å². The van der Waals surface area contributed by atoms with E-state index in [1.165, 1.54) is 0 Å². The molecule has 1 amide bonds. The number of hydrogen-bond donors (Lipinski definition) is 2. The number of carboxylic acids is 1. The van der Waals surface area contributed by atoms with Crippen molar-refractivity contribution in [3.8, 4) is 0 Å². The minimum atomic E-state index is -1.06. The molecule has 2 N–H and O–H groups in total. The van der Waals surface area contributed by atoms with Gasteiger partial charge in [0.15, 0.2) is 0 Å². The lowest BCUT2D eigenvalue weighted by Gasteiger charge is -2.29. The minimum absolute atomic E-state index is 0.0825. The highest BCUT2D eigenvalue weighted by Gasteiger charge is 2.39. The molecule has 1 rings (SSSR count). The second-order valence-corrected chi connectivity index (χ2v) is 5.52. The lowest BCUT2D eigenvalue weighted by molar-refractivity contribution is -0.148. The van der Waals surface area contributed by atoms with Gasteiger partial charge in [-0.2, -0.15) is 0 Å². The van der Waals surface area contributed by atoms with Gasteiger partial charge in [-0.25, -0.2) is 4.79 Å². The summed E-state index contributed by atoms with van der Waals surface area (Å²) in [5.41, 5.74) is -1.06. The maximum absolute atomic E-state index is 11.9. The van der Waals surface area contributed by atoms with Crippen LogP contribution in [0.5, 0.6) is 0 Å². The maximum atomic E-state index is 11.9. The smallest absolute Gasteiger partial charge is 0.329 e. The summed E-state index contributed by atoms with van der Waals surface area (Å²) in [6, 6.07) is 0. The second-order valence-electron chi connectivity index (χ2n) is 5.52. The summed E-state index contributed by atoms with van der Waals surface area (Å²) in [7, 11) is 0. The normalized spacial score (nSPS) is 18.9. The van der Waals surface area contributed by atoms with Crippen LogP contribution >= 0.6 is 0 Å². The number of carboxylic acid groups (broad SMARTS) is 1. The van der Waals surface area contributed by atoms with Crippen LogP contribution in [0.25, 0.3) is 0 Å². The molecule has 0 aromatic heterocycles. The third-order valence-corrected chi connectivity index (χ3v) is 3.53. The molecular weight excluding hydrogens is 246 g/mol. The van der Waals surface area contributed by atoms with Crippen LogP contribution in [0.1, 0.15) is 58.8 Å². The number of carbonyl (C=O) groups excluding carboxylic acids is 1. The van der Waals surface area contributed by atoms with E-state index in [-0.39, 0.29) is 18.4 Å². The van der Waals surface area contributed by atoms with E-state index < -0.39 is 11.5 Å². The van der Waals surface area contributed by atoms with Crippen molar-refractivity contribution in [3.05, 3.63) is 0 Å². The van der Waals surface area contributed by atoms with E-state index in [0.29, 0.717) is 19.4 Å². The van der Waals surface area contributed by atoms with E-state index in [1.54, 1.807) is 0 Å². The number of amides is 1. The van der Waals surface area contributed by atoms with Crippen molar-refractivity contribution in [1.29, 1.82) is 0 Å². The average Bonchev–Trinajstić information content (AvgIpc) is 2.55. The maximum Gasteiger partial charge on any atom is 0.329 e. The van der Waals surface area contributed by atoms with Crippen molar-refractivity contribution >= 4 is 11.9 Å². The molecule has 19 heavy (non-hydrogen) atoms. The fraction of sp³-hybridized carbons (Fsp3) is 0.857. The number of aliphatic carboxylic acids is 1. The standard InChI is InChI=1S/C14H25NO4/c1-11(2)19-10-7-12(16)15-14(13(17)18)8-5-3-4-6-9-14/h11H,3-10H2,1-2H3,(H,15,16)(H,17,18). The molecule has 0 aliphatic heterocycles. The Balaban J connectivity index is 2.52. The summed E-state index contributed by atoms with van der Waals surface area (Å²) >= 11 is 0. The summed E-state index contributed by atoms with van der Waals surface area (Å²) in [6.07, 6.45) is 5.15. The van der Waals surface area contributed by atoms with Crippen LogP contribution in [-0.4, -0.2) is 35.2 Å². The van der Waals surface area contributed by atoms with Gasteiger partial charge in [0, 0.05) is 6.42 Å². The Labute approximate surface area is 114 Å². The predicted octanol–water partition coefficient (Wildman–Crippen LogP) is 2.10. The Bertz CT molecular complexity index is 307. The van der Waals surface area contributed by atoms with E-state index in [0.717, 1.165) is 25.7 Å². The first-order valence-corrected chi connectivity index (χ1v) is 7.12. The van der Waals surface area contributed by atoms with Gasteiger partial charge in [-0.1, -0.05) is 25.7 Å². The highest BCUT2D eigenvalue weighted by Crippen LogP contribution is 2.27. The van der Waals surface area contributed by atoms with Crippen LogP contribution in [0.3, 0.4) is 0 Å². The first kappa shape index (κ1) is 16.0. The van der Waals surface area contributed by atoms with Crippen LogP contribution in [-0.2, 0) is 14.3 Å². The van der Waals surface area contributed by atoms with Crippen molar-refractivity contribution in [2.75, 3.05) is 6.61 Å². The van der Waals surface area contributed by atoms with E-state index in [9.17, 15) is 14.7 Å². The van der Waals surface area contributed by atoms with E-state index in [1.807, 2.05) is 13.8 Å². The summed E-state index contributed by atoms with van der Waals surface area (Å²) in [5, 5.41) is 12.2. The van der Waals surface area contributed by atoms with Crippen molar-refractivity contribution < 1.29 is 19.4 Å². The molecule has 0 spiro atoms. The van der Waals surface area contributed by atoms with Gasteiger partial charge >= 0.3 is 5.97 Å². The third kappa shape index (κ3) is 5.19. The fourth-order valence-corrected chi connectivity index (χ4v) is 2.44. The number of nitrogens with one attached hydrogen (secondary N) is 1. The van der Waals surface area contributed by atoms with Gasteiger partial charge in [0.1, 0.15) is 5.54 Å². The summed E-state index contributed by atoms with van der Waals surface area (Å²) < 4.78 is 5.31. The third-order valence-electron chi connectivity index (χ3n) is 3.53. The first-order chi connectivity index (χ1) is 8.96. The van der Waals surface area contributed by atoms with Crippen molar-refractivity contribution in [1.82, 2.24) is 5.32 Å². The molecule has 0 unspecified atom stereocenters. The van der Waals surface area contributed by atoms with Gasteiger partial charge < -0.3 is 15.2 Å². The summed E-state index contributed by atoms with van der Waals surface area (Å²) in [4.78, 5) is 23.4. The minimum Gasteiger partial charge on any atom is -0.480 e. The average molecular weight is 271 g/mol. The highest BCUT2D eigenvalue weighted by atomic mass is 16.5. The monoisotopic (exact) mass is 271 g/mol. The zero-order valence-corrected chi connectivity index (χ0v) is 11.9. The van der Waals surface area contributed by atoms with Gasteiger partial charge in [0.05, 0.1) is 12.7 Å². The lowest BCUT2D eigenvalue weighted by Crippen LogP contribution is -2.54. The van der Waals surface area contributed by atoms with E-state index >= 15 is 0 Å². The van der Waals surface area contributed by atoms with E-state index in [4.69, 9.17) is 4.74 Å². The van der Waals surface area contributed by atoms with Crippen LogP contribution in [0.15, 0.2) is 0 Å². The number of rotatable bonds is 6. The molecule has 0 bridgehead atoms. The Hall–Kier alpha value is -1.10. The molecule has 0 atom stereocenters. The first-order valence-electron chi connectivity index (χ1n) is 7.12. The molecule has 5 nitrogen and oxygen atoms in total. The second kappa shape index (κ2) is 7.48. The van der Waals surface area contributed by atoms with Crippen LogP contribution in [0.2, 0.25) is 0 Å².